The molecule has 0 fully saturated rings. The van der Waals surface area contributed by atoms with Crippen molar-refractivity contribution >= 4 is 34.9 Å². The minimum atomic E-state index is -0.223. The molecule has 0 saturated heterocycles. The third-order valence-electron chi connectivity index (χ3n) is 5.15. The zero-order valence-electron chi connectivity index (χ0n) is 18.3. The minimum absolute atomic E-state index is 0.223. The Hall–Kier alpha value is -3.28. The van der Waals surface area contributed by atoms with Crippen LogP contribution in [-0.2, 0) is 13.2 Å². The first kappa shape index (κ1) is 22.9. The average Bonchev–Trinajstić information content (AvgIpc) is 3.22. The topological polar surface area (TPSA) is 56.1 Å². The summed E-state index contributed by atoms with van der Waals surface area (Å²) in [6, 6.07) is 20.5. The molecule has 0 spiro atoms. The monoisotopic (exact) mass is 479 g/mol. The molecule has 0 aliphatic rings. The number of aryl methyl sites for hydroxylation is 2. The van der Waals surface area contributed by atoms with Crippen LogP contribution in [0.1, 0.15) is 32.6 Å². The van der Waals surface area contributed by atoms with Crippen molar-refractivity contribution in [2.45, 2.75) is 27.0 Å². The maximum absolute atomic E-state index is 12.6. The lowest BCUT2D eigenvalue weighted by Crippen LogP contribution is -2.13. The SMILES string of the molecule is Cc1cc(OCc2ccc(C(=O)Nc3ccn(Cc4cccc(Cl)c4)n3)cc2)cc(C)c1Cl. The fraction of sp³-hybridized carbons (Fsp3) is 0.154. The van der Waals surface area contributed by atoms with Crippen LogP contribution in [0.5, 0.6) is 5.75 Å². The number of benzene rings is 3. The number of anilines is 1. The smallest absolute Gasteiger partial charge is 0.256 e. The Morgan fingerprint density at radius 2 is 1.70 bits per heavy atom. The van der Waals surface area contributed by atoms with Crippen LogP contribution < -0.4 is 10.1 Å². The van der Waals surface area contributed by atoms with Crippen molar-refractivity contribution in [3.63, 3.8) is 0 Å². The quantitative estimate of drug-likeness (QED) is 0.321. The van der Waals surface area contributed by atoms with E-state index in [9.17, 15) is 4.79 Å². The number of rotatable bonds is 7. The molecule has 0 saturated carbocycles. The maximum Gasteiger partial charge on any atom is 0.256 e. The first-order valence-corrected chi connectivity index (χ1v) is 11.2. The van der Waals surface area contributed by atoms with E-state index in [1.165, 1.54) is 0 Å². The van der Waals surface area contributed by atoms with Crippen LogP contribution in [0.4, 0.5) is 5.82 Å². The molecule has 3 aromatic carbocycles. The summed E-state index contributed by atoms with van der Waals surface area (Å²) in [7, 11) is 0. The Bertz CT molecular complexity index is 1260. The van der Waals surface area contributed by atoms with Crippen LogP contribution in [0.25, 0.3) is 0 Å². The lowest BCUT2D eigenvalue weighted by molar-refractivity contribution is 0.102. The highest BCUT2D eigenvalue weighted by Gasteiger charge is 2.09. The highest BCUT2D eigenvalue weighted by molar-refractivity contribution is 6.32. The number of carbonyl (C=O) groups is 1. The second-order valence-electron chi connectivity index (χ2n) is 7.84. The predicted molar refractivity (Wildman–Crippen MR) is 132 cm³/mol. The average molecular weight is 480 g/mol. The summed E-state index contributed by atoms with van der Waals surface area (Å²) in [5, 5.41) is 8.68. The fourth-order valence-electron chi connectivity index (χ4n) is 3.44. The van der Waals surface area contributed by atoms with Crippen molar-refractivity contribution in [2.24, 2.45) is 0 Å². The summed E-state index contributed by atoms with van der Waals surface area (Å²) < 4.78 is 7.64. The molecule has 7 heteroatoms. The van der Waals surface area contributed by atoms with Crippen LogP contribution in [0.3, 0.4) is 0 Å². The largest absolute Gasteiger partial charge is 0.489 e. The molecule has 0 radical (unpaired) electrons. The zero-order valence-corrected chi connectivity index (χ0v) is 19.8. The predicted octanol–water partition coefficient (Wildman–Crippen LogP) is 6.69. The molecule has 1 N–H and O–H groups in total. The first-order chi connectivity index (χ1) is 15.9. The van der Waals surface area contributed by atoms with Gasteiger partial charge >= 0.3 is 0 Å². The van der Waals surface area contributed by atoms with E-state index in [0.717, 1.165) is 33.0 Å². The van der Waals surface area contributed by atoms with Gasteiger partial charge in [0.2, 0.25) is 0 Å². The molecule has 5 nitrogen and oxygen atoms in total. The minimum Gasteiger partial charge on any atom is -0.489 e. The van der Waals surface area contributed by atoms with Gasteiger partial charge in [-0.2, -0.15) is 5.10 Å². The number of nitrogens with zero attached hydrogens (tertiary/aromatic N) is 2. The van der Waals surface area contributed by atoms with Gasteiger partial charge in [0, 0.05) is 27.9 Å². The van der Waals surface area contributed by atoms with E-state index < -0.39 is 0 Å². The van der Waals surface area contributed by atoms with Crippen molar-refractivity contribution < 1.29 is 9.53 Å². The number of amides is 1. The molecule has 1 heterocycles. The van der Waals surface area contributed by atoms with E-state index in [0.29, 0.717) is 29.6 Å². The maximum atomic E-state index is 12.6. The molecule has 0 unspecified atom stereocenters. The van der Waals surface area contributed by atoms with Gasteiger partial charge in [-0.05, 0) is 72.5 Å². The molecule has 1 aromatic heterocycles. The normalized spacial score (nSPS) is 10.8. The van der Waals surface area contributed by atoms with E-state index in [-0.39, 0.29) is 5.91 Å². The molecule has 168 valence electrons. The molecule has 33 heavy (non-hydrogen) atoms. The van der Waals surface area contributed by atoms with Crippen molar-refractivity contribution in [1.82, 2.24) is 9.78 Å². The summed E-state index contributed by atoms with van der Waals surface area (Å²) in [5.41, 5.74) is 4.50. The third-order valence-corrected chi connectivity index (χ3v) is 5.98. The summed E-state index contributed by atoms with van der Waals surface area (Å²) in [4.78, 5) is 12.6. The number of hydrogen-bond donors (Lipinski definition) is 1. The number of nitrogens with one attached hydrogen (secondary N) is 1. The van der Waals surface area contributed by atoms with Gasteiger partial charge in [0.1, 0.15) is 12.4 Å². The van der Waals surface area contributed by atoms with Crippen LogP contribution in [0, 0.1) is 13.8 Å². The number of ether oxygens (including phenoxy) is 1. The third kappa shape index (κ3) is 5.95. The molecule has 4 aromatic rings. The first-order valence-electron chi connectivity index (χ1n) is 10.4. The second kappa shape index (κ2) is 10.1. The summed E-state index contributed by atoms with van der Waals surface area (Å²) in [6.45, 7) is 4.87. The van der Waals surface area contributed by atoms with Crippen molar-refractivity contribution in [2.75, 3.05) is 5.32 Å². The standard InChI is InChI=1S/C26H23Cl2N3O2/c1-17-12-23(13-18(2)25(17)28)33-16-19-6-8-21(9-7-19)26(32)29-24-10-11-31(30-24)15-20-4-3-5-22(27)14-20/h3-14H,15-16H2,1-2H3,(H,29,30,32). The van der Waals surface area contributed by atoms with Crippen LogP contribution in [0.2, 0.25) is 10.0 Å². The number of carbonyl (C=O) groups excluding carboxylic acids is 1. The molecule has 0 atom stereocenters. The molecular weight excluding hydrogens is 457 g/mol. The lowest BCUT2D eigenvalue weighted by atomic mass is 10.1. The van der Waals surface area contributed by atoms with Gasteiger partial charge in [-0.3, -0.25) is 9.48 Å². The lowest BCUT2D eigenvalue weighted by Gasteiger charge is -2.10. The molecular formula is C26H23Cl2N3O2. The molecule has 0 aliphatic heterocycles. The Balaban J connectivity index is 1.33. The highest BCUT2D eigenvalue weighted by atomic mass is 35.5. The number of halogens is 2. The Kier molecular flexibility index (Phi) is 7.02. The van der Waals surface area contributed by atoms with Crippen molar-refractivity contribution in [3.05, 3.63) is 111 Å². The zero-order chi connectivity index (χ0) is 23.4. The van der Waals surface area contributed by atoms with Crippen LogP contribution in [0.15, 0.2) is 72.9 Å². The van der Waals surface area contributed by atoms with Crippen molar-refractivity contribution in [1.29, 1.82) is 0 Å². The van der Waals surface area contributed by atoms with Crippen LogP contribution in [-0.4, -0.2) is 15.7 Å². The summed E-state index contributed by atoms with van der Waals surface area (Å²) in [5.74, 6) is 1.03. The Morgan fingerprint density at radius 1 is 0.970 bits per heavy atom. The van der Waals surface area contributed by atoms with E-state index in [2.05, 4.69) is 10.4 Å². The van der Waals surface area contributed by atoms with E-state index >= 15 is 0 Å². The summed E-state index contributed by atoms with van der Waals surface area (Å²) in [6.07, 6.45) is 1.82. The second-order valence-corrected chi connectivity index (χ2v) is 8.65. The van der Waals surface area contributed by atoms with Crippen LogP contribution >= 0.6 is 23.2 Å². The highest BCUT2D eigenvalue weighted by Crippen LogP contribution is 2.26. The molecule has 1 amide bonds. The van der Waals surface area contributed by atoms with E-state index in [4.69, 9.17) is 27.9 Å². The van der Waals surface area contributed by atoms with Gasteiger partial charge in [-0.15, -0.1) is 0 Å². The van der Waals surface area contributed by atoms with Gasteiger partial charge < -0.3 is 10.1 Å². The van der Waals surface area contributed by atoms with Crippen molar-refractivity contribution in [3.8, 4) is 5.75 Å². The molecule has 4 rings (SSSR count). The van der Waals surface area contributed by atoms with E-state index in [1.54, 1.807) is 22.9 Å². The van der Waals surface area contributed by atoms with Gasteiger partial charge in [0.15, 0.2) is 5.82 Å². The number of hydrogen-bond acceptors (Lipinski definition) is 3. The summed E-state index contributed by atoms with van der Waals surface area (Å²) >= 11 is 12.2. The molecule has 0 bridgehead atoms. The van der Waals surface area contributed by atoms with Gasteiger partial charge in [-0.25, -0.2) is 0 Å². The van der Waals surface area contributed by atoms with Gasteiger partial charge in [-0.1, -0.05) is 47.5 Å². The number of aromatic nitrogens is 2. The Labute approximate surface area is 202 Å². The Morgan fingerprint density at radius 3 is 2.39 bits per heavy atom. The van der Waals surface area contributed by atoms with Gasteiger partial charge in [0.05, 0.1) is 6.54 Å². The molecule has 0 aliphatic carbocycles. The van der Waals surface area contributed by atoms with E-state index in [1.807, 2.05) is 68.6 Å². The van der Waals surface area contributed by atoms with Gasteiger partial charge in [0.25, 0.3) is 5.91 Å². The fourth-order valence-corrected chi connectivity index (χ4v) is 3.76.